The van der Waals surface area contributed by atoms with Crippen LogP contribution in [0.1, 0.15) is 17.7 Å². The molecule has 1 nitrogen and oxygen atoms in total. The highest BCUT2D eigenvalue weighted by Gasteiger charge is 2.30. The largest absolute Gasteiger partial charge is 0.393 e. The van der Waals surface area contributed by atoms with Crippen LogP contribution < -0.4 is 0 Å². The summed E-state index contributed by atoms with van der Waals surface area (Å²) in [5.41, 5.74) is 0. The van der Waals surface area contributed by atoms with Crippen molar-refractivity contribution in [2.75, 3.05) is 0 Å². The molecular weight excluding hydrogens is 213 g/mol. The Morgan fingerprint density at radius 2 is 2.14 bits per heavy atom. The average molecular weight is 224 g/mol. The number of aryl methyl sites for hydroxylation is 1. The van der Waals surface area contributed by atoms with E-state index in [2.05, 4.69) is 0 Å². The highest BCUT2D eigenvalue weighted by molar-refractivity contribution is 7.09. The molecule has 80 valence electrons. The molecule has 1 N–H and O–H groups in total. The topological polar surface area (TPSA) is 20.2 Å². The van der Waals surface area contributed by atoms with Gasteiger partial charge in [0.25, 0.3) is 0 Å². The van der Waals surface area contributed by atoms with E-state index in [1.165, 1.54) is 11.3 Å². The molecule has 1 atom stereocenters. The minimum Gasteiger partial charge on any atom is -0.393 e. The summed E-state index contributed by atoms with van der Waals surface area (Å²) in [6.45, 7) is 0. The standard InChI is InChI=1S/C9H11F3OS/c10-9(11,12)6-7(13)3-4-8-2-1-5-14-8/h1-2,5,7,13H,3-4,6H2. The van der Waals surface area contributed by atoms with E-state index in [0.717, 1.165) is 4.88 Å². The van der Waals surface area contributed by atoms with Gasteiger partial charge >= 0.3 is 6.18 Å². The Balaban J connectivity index is 2.25. The van der Waals surface area contributed by atoms with Crippen LogP contribution in [-0.2, 0) is 6.42 Å². The Labute approximate surface area is 84.2 Å². The van der Waals surface area contributed by atoms with Crippen LogP contribution in [0.2, 0.25) is 0 Å². The summed E-state index contributed by atoms with van der Waals surface area (Å²) < 4.78 is 35.4. The van der Waals surface area contributed by atoms with E-state index in [1.807, 2.05) is 17.5 Å². The summed E-state index contributed by atoms with van der Waals surface area (Å²) >= 11 is 1.49. The molecule has 5 heteroatoms. The van der Waals surface area contributed by atoms with Gasteiger partial charge in [0.05, 0.1) is 12.5 Å². The molecular formula is C9H11F3OS. The van der Waals surface area contributed by atoms with Gasteiger partial charge in [-0.05, 0) is 24.3 Å². The summed E-state index contributed by atoms with van der Waals surface area (Å²) in [7, 11) is 0. The van der Waals surface area contributed by atoms with Crippen LogP contribution in [0.15, 0.2) is 17.5 Å². The van der Waals surface area contributed by atoms with Crippen LogP contribution in [0.5, 0.6) is 0 Å². The van der Waals surface area contributed by atoms with Gasteiger partial charge in [-0.2, -0.15) is 13.2 Å². The number of hydrogen-bond donors (Lipinski definition) is 1. The summed E-state index contributed by atoms with van der Waals surface area (Å²) in [5, 5.41) is 10.9. The van der Waals surface area contributed by atoms with E-state index in [9.17, 15) is 13.2 Å². The Morgan fingerprint density at radius 1 is 1.43 bits per heavy atom. The minimum absolute atomic E-state index is 0.167. The molecule has 14 heavy (non-hydrogen) atoms. The lowest BCUT2D eigenvalue weighted by Gasteiger charge is -2.12. The van der Waals surface area contributed by atoms with Crippen molar-refractivity contribution < 1.29 is 18.3 Å². The van der Waals surface area contributed by atoms with E-state index in [1.54, 1.807) is 0 Å². The van der Waals surface area contributed by atoms with Crippen LogP contribution in [-0.4, -0.2) is 17.4 Å². The lowest BCUT2D eigenvalue weighted by atomic mass is 10.1. The quantitative estimate of drug-likeness (QED) is 0.833. The van der Waals surface area contributed by atoms with Gasteiger partial charge in [0, 0.05) is 4.88 Å². The number of aliphatic hydroxyl groups excluding tert-OH is 1. The molecule has 1 aromatic rings. The summed E-state index contributed by atoms with van der Waals surface area (Å²) in [5.74, 6) is 0. The predicted octanol–water partition coefficient (Wildman–Crippen LogP) is 2.99. The van der Waals surface area contributed by atoms with Crippen molar-refractivity contribution >= 4 is 11.3 Å². The third kappa shape index (κ3) is 4.62. The molecule has 0 aliphatic carbocycles. The van der Waals surface area contributed by atoms with Crippen molar-refractivity contribution in [3.63, 3.8) is 0 Å². The number of rotatable bonds is 4. The molecule has 0 radical (unpaired) electrons. The van der Waals surface area contributed by atoms with Crippen LogP contribution in [0.3, 0.4) is 0 Å². The lowest BCUT2D eigenvalue weighted by molar-refractivity contribution is -0.153. The second-order valence-electron chi connectivity index (χ2n) is 3.09. The first-order valence-electron chi connectivity index (χ1n) is 4.24. The van der Waals surface area contributed by atoms with Crippen LogP contribution in [0, 0.1) is 0 Å². The fourth-order valence-electron chi connectivity index (χ4n) is 1.13. The molecule has 0 saturated heterocycles. The third-order valence-electron chi connectivity index (χ3n) is 1.77. The van der Waals surface area contributed by atoms with Gasteiger partial charge in [-0.1, -0.05) is 6.07 Å². The molecule has 1 unspecified atom stereocenters. The zero-order valence-corrected chi connectivity index (χ0v) is 8.24. The molecule has 0 fully saturated rings. The molecule has 0 aliphatic rings. The van der Waals surface area contributed by atoms with Gasteiger partial charge in [0.2, 0.25) is 0 Å². The van der Waals surface area contributed by atoms with Gasteiger partial charge in [0.1, 0.15) is 0 Å². The molecule has 1 rings (SSSR count). The number of hydrogen-bond acceptors (Lipinski definition) is 2. The van der Waals surface area contributed by atoms with Crippen molar-refractivity contribution in [3.8, 4) is 0 Å². The molecule has 0 spiro atoms. The van der Waals surface area contributed by atoms with Crippen molar-refractivity contribution in [3.05, 3.63) is 22.4 Å². The van der Waals surface area contributed by atoms with E-state index in [4.69, 9.17) is 5.11 Å². The van der Waals surface area contributed by atoms with Crippen LogP contribution >= 0.6 is 11.3 Å². The predicted molar refractivity (Wildman–Crippen MR) is 49.3 cm³/mol. The second-order valence-corrected chi connectivity index (χ2v) is 4.12. The number of halogens is 3. The molecule has 1 heterocycles. The number of alkyl halides is 3. The monoisotopic (exact) mass is 224 g/mol. The number of aliphatic hydroxyl groups is 1. The van der Waals surface area contributed by atoms with E-state index >= 15 is 0 Å². The average Bonchev–Trinajstić information content (AvgIpc) is 2.49. The first kappa shape index (κ1) is 11.5. The molecule has 1 aromatic heterocycles. The van der Waals surface area contributed by atoms with E-state index in [-0.39, 0.29) is 6.42 Å². The normalized spacial score (nSPS) is 14.3. The highest BCUT2D eigenvalue weighted by Crippen LogP contribution is 2.23. The van der Waals surface area contributed by atoms with Gasteiger partial charge in [0.15, 0.2) is 0 Å². The van der Waals surface area contributed by atoms with Gasteiger partial charge < -0.3 is 5.11 Å². The molecule has 0 bridgehead atoms. The summed E-state index contributed by atoms with van der Waals surface area (Å²) in [4.78, 5) is 1.01. The Kier molecular flexibility index (Phi) is 3.95. The molecule has 0 saturated carbocycles. The third-order valence-corrected chi connectivity index (χ3v) is 2.71. The first-order chi connectivity index (χ1) is 6.47. The summed E-state index contributed by atoms with van der Waals surface area (Å²) in [6.07, 6.45) is -5.99. The maximum absolute atomic E-state index is 11.8. The number of thiophene rings is 1. The van der Waals surface area contributed by atoms with Crippen molar-refractivity contribution in [1.82, 2.24) is 0 Å². The zero-order chi connectivity index (χ0) is 10.6. The maximum atomic E-state index is 11.8. The smallest absolute Gasteiger partial charge is 0.391 e. The van der Waals surface area contributed by atoms with E-state index < -0.39 is 18.7 Å². The lowest BCUT2D eigenvalue weighted by Crippen LogP contribution is -2.19. The van der Waals surface area contributed by atoms with E-state index in [0.29, 0.717) is 6.42 Å². The Hall–Kier alpha value is -0.550. The van der Waals surface area contributed by atoms with Crippen molar-refractivity contribution in [1.29, 1.82) is 0 Å². The second kappa shape index (κ2) is 4.79. The molecule has 0 aliphatic heterocycles. The minimum atomic E-state index is -4.27. The fourth-order valence-corrected chi connectivity index (χ4v) is 1.86. The Morgan fingerprint density at radius 3 is 2.64 bits per heavy atom. The van der Waals surface area contributed by atoms with Gasteiger partial charge in [-0.3, -0.25) is 0 Å². The van der Waals surface area contributed by atoms with Gasteiger partial charge in [-0.25, -0.2) is 0 Å². The molecule has 0 aromatic carbocycles. The fraction of sp³-hybridized carbons (Fsp3) is 0.556. The Bertz CT molecular complexity index is 256. The first-order valence-corrected chi connectivity index (χ1v) is 5.12. The highest BCUT2D eigenvalue weighted by atomic mass is 32.1. The zero-order valence-electron chi connectivity index (χ0n) is 7.42. The van der Waals surface area contributed by atoms with Crippen LogP contribution in [0.4, 0.5) is 13.2 Å². The van der Waals surface area contributed by atoms with Crippen molar-refractivity contribution in [2.24, 2.45) is 0 Å². The SMILES string of the molecule is OC(CCc1cccs1)CC(F)(F)F. The maximum Gasteiger partial charge on any atom is 0.391 e. The summed E-state index contributed by atoms with van der Waals surface area (Å²) in [6, 6.07) is 3.70. The van der Waals surface area contributed by atoms with Crippen molar-refractivity contribution in [2.45, 2.75) is 31.5 Å². The van der Waals surface area contributed by atoms with Crippen LogP contribution in [0.25, 0.3) is 0 Å². The van der Waals surface area contributed by atoms with Gasteiger partial charge in [-0.15, -0.1) is 11.3 Å². The molecule has 0 amide bonds.